The van der Waals surface area contributed by atoms with Crippen molar-refractivity contribution in [3.63, 3.8) is 0 Å². The highest BCUT2D eigenvalue weighted by molar-refractivity contribution is 5.87. The Balaban J connectivity index is 1.86. The summed E-state index contributed by atoms with van der Waals surface area (Å²) in [5, 5.41) is 11.2. The molecule has 2 N–H and O–H groups in total. The molecule has 1 amide bonds. The third-order valence-corrected chi connectivity index (χ3v) is 3.83. The monoisotopic (exact) mass is 211 g/mol. The molecule has 2 saturated carbocycles. The summed E-state index contributed by atoms with van der Waals surface area (Å²) >= 11 is 0. The van der Waals surface area contributed by atoms with Crippen molar-refractivity contribution in [2.75, 3.05) is 0 Å². The molecule has 2 rings (SSSR count). The number of carboxylic acid groups (broad SMARTS) is 1. The average Bonchev–Trinajstić information content (AvgIpc) is 2.65. The number of carboxylic acids is 1. The molecule has 0 radical (unpaired) electrons. The van der Waals surface area contributed by atoms with Crippen molar-refractivity contribution >= 4 is 11.9 Å². The number of carbonyl (C=O) groups excluding carboxylic acids is 1. The van der Waals surface area contributed by atoms with Crippen molar-refractivity contribution in [1.82, 2.24) is 5.32 Å². The quantitative estimate of drug-likeness (QED) is 0.736. The highest BCUT2D eigenvalue weighted by atomic mass is 16.4. The largest absolute Gasteiger partial charge is 0.480 e. The number of nitrogens with one attached hydrogen (secondary N) is 1. The second kappa shape index (κ2) is 3.51. The molecule has 0 aromatic rings. The number of rotatable bonds is 3. The second-order valence-corrected chi connectivity index (χ2v) is 4.89. The molecule has 0 heterocycles. The molecule has 4 heteroatoms. The van der Waals surface area contributed by atoms with Crippen LogP contribution in [-0.4, -0.2) is 23.0 Å². The van der Waals surface area contributed by atoms with Gasteiger partial charge in [0.1, 0.15) is 6.04 Å². The fourth-order valence-electron chi connectivity index (χ4n) is 2.73. The molecule has 1 unspecified atom stereocenters. The van der Waals surface area contributed by atoms with Crippen molar-refractivity contribution in [3.05, 3.63) is 0 Å². The lowest BCUT2D eigenvalue weighted by atomic mass is 10.0. The number of aliphatic carboxylic acids is 1. The average molecular weight is 211 g/mol. The fraction of sp³-hybridized carbons (Fsp3) is 0.818. The van der Waals surface area contributed by atoms with Gasteiger partial charge >= 0.3 is 5.97 Å². The van der Waals surface area contributed by atoms with Gasteiger partial charge in [0, 0.05) is 5.92 Å². The van der Waals surface area contributed by atoms with Gasteiger partial charge in [0.2, 0.25) is 5.91 Å². The molecule has 15 heavy (non-hydrogen) atoms. The van der Waals surface area contributed by atoms with Gasteiger partial charge in [-0.15, -0.1) is 0 Å². The normalized spacial score (nSPS) is 28.7. The summed E-state index contributed by atoms with van der Waals surface area (Å²) in [4.78, 5) is 22.3. The summed E-state index contributed by atoms with van der Waals surface area (Å²) in [5.74, 6) is -0.946. The van der Waals surface area contributed by atoms with E-state index in [0.29, 0.717) is 0 Å². The van der Waals surface area contributed by atoms with E-state index in [4.69, 9.17) is 5.11 Å². The van der Waals surface area contributed by atoms with Crippen LogP contribution in [0.2, 0.25) is 0 Å². The highest BCUT2D eigenvalue weighted by Crippen LogP contribution is 2.62. The third kappa shape index (κ3) is 1.85. The van der Waals surface area contributed by atoms with Crippen molar-refractivity contribution < 1.29 is 14.7 Å². The molecule has 0 aromatic heterocycles. The summed E-state index contributed by atoms with van der Waals surface area (Å²) < 4.78 is 0. The molecule has 0 aromatic carbocycles. The van der Waals surface area contributed by atoms with Crippen LogP contribution in [0.25, 0.3) is 0 Å². The van der Waals surface area contributed by atoms with E-state index in [-0.39, 0.29) is 17.2 Å². The summed E-state index contributed by atoms with van der Waals surface area (Å²) in [7, 11) is 0. The van der Waals surface area contributed by atoms with E-state index in [1.807, 2.05) is 0 Å². The first-order valence-corrected chi connectivity index (χ1v) is 5.58. The zero-order valence-corrected chi connectivity index (χ0v) is 8.95. The van der Waals surface area contributed by atoms with E-state index in [1.54, 1.807) is 0 Å². The van der Waals surface area contributed by atoms with Crippen molar-refractivity contribution in [2.24, 2.45) is 11.3 Å². The van der Waals surface area contributed by atoms with Gasteiger partial charge in [0.05, 0.1) is 0 Å². The fourth-order valence-corrected chi connectivity index (χ4v) is 2.73. The van der Waals surface area contributed by atoms with Gasteiger partial charge in [-0.3, -0.25) is 9.59 Å². The molecular formula is C11H17NO3. The van der Waals surface area contributed by atoms with E-state index < -0.39 is 12.0 Å². The van der Waals surface area contributed by atoms with E-state index in [9.17, 15) is 9.59 Å². The Morgan fingerprint density at radius 2 is 2.00 bits per heavy atom. The highest BCUT2D eigenvalue weighted by Gasteiger charge is 2.58. The third-order valence-electron chi connectivity index (χ3n) is 3.83. The maximum absolute atomic E-state index is 11.7. The lowest BCUT2D eigenvalue weighted by Gasteiger charge is -2.11. The second-order valence-electron chi connectivity index (χ2n) is 4.89. The lowest BCUT2D eigenvalue weighted by molar-refractivity contribution is -0.141. The Bertz CT molecular complexity index is 294. The first-order chi connectivity index (χ1) is 7.05. The van der Waals surface area contributed by atoms with Gasteiger partial charge in [0.25, 0.3) is 0 Å². The molecular weight excluding hydrogens is 194 g/mol. The maximum atomic E-state index is 11.7. The van der Waals surface area contributed by atoms with Gasteiger partial charge in [0.15, 0.2) is 0 Å². The molecule has 0 saturated heterocycles. The molecule has 0 aliphatic heterocycles. The summed E-state index contributed by atoms with van der Waals surface area (Å²) in [6, 6.07) is -0.767. The van der Waals surface area contributed by atoms with Crippen LogP contribution in [0.3, 0.4) is 0 Å². The predicted molar refractivity (Wildman–Crippen MR) is 54.2 cm³/mol. The molecule has 84 valence electrons. The number of carbonyl (C=O) groups is 2. The maximum Gasteiger partial charge on any atom is 0.325 e. The Morgan fingerprint density at radius 3 is 2.53 bits per heavy atom. The predicted octanol–water partition coefficient (Wildman–Crippen LogP) is 1.16. The van der Waals surface area contributed by atoms with Gasteiger partial charge < -0.3 is 10.4 Å². The van der Waals surface area contributed by atoms with Gasteiger partial charge in [-0.2, -0.15) is 0 Å². The number of hydrogen-bond acceptors (Lipinski definition) is 2. The Hall–Kier alpha value is -1.06. The van der Waals surface area contributed by atoms with Crippen molar-refractivity contribution in [1.29, 1.82) is 0 Å². The smallest absolute Gasteiger partial charge is 0.325 e. The van der Waals surface area contributed by atoms with Crippen LogP contribution in [0.5, 0.6) is 0 Å². The summed E-state index contributed by atoms with van der Waals surface area (Å²) in [6.45, 7) is 1.50. The first-order valence-electron chi connectivity index (χ1n) is 5.58. The SMILES string of the molecule is C[C@@H](NC(=O)C1CC12CCCC2)C(=O)O. The van der Waals surface area contributed by atoms with Crippen LogP contribution >= 0.6 is 0 Å². The zero-order chi connectivity index (χ0) is 11.1. The van der Waals surface area contributed by atoms with Crippen LogP contribution in [0.15, 0.2) is 0 Å². The standard InChI is InChI=1S/C11H17NO3/c1-7(10(14)15)12-9(13)8-6-11(8)4-2-3-5-11/h7-8H,2-6H2,1H3,(H,12,13)(H,14,15)/t7-,8?/m1/s1. The molecule has 2 aliphatic rings. The minimum Gasteiger partial charge on any atom is -0.480 e. The van der Waals surface area contributed by atoms with Crippen LogP contribution < -0.4 is 5.32 Å². The van der Waals surface area contributed by atoms with Gasteiger partial charge in [-0.1, -0.05) is 12.8 Å². The minimum atomic E-state index is -0.968. The topological polar surface area (TPSA) is 66.4 Å². The summed E-state index contributed by atoms with van der Waals surface area (Å²) in [6.07, 6.45) is 5.70. The molecule has 0 bridgehead atoms. The van der Waals surface area contributed by atoms with Gasteiger partial charge in [-0.05, 0) is 31.6 Å². The molecule has 2 aliphatic carbocycles. The van der Waals surface area contributed by atoms with Crippen LogP contribution in [-0.2, 0) is 9.59 Å². The number of hydrogen-bond donors (Lipinski definition) is 2. The Morgan fingerprint density at radius 1 is 1.40 bits per heavy atom. The van der Waals surface area contributed by atoms with E-state index in [2.05, 4.69) is 5.32 Å². The molecule has 2 atom stereocenters. The molecule has 4 nitrogen and oxygen atoms in total. The number of amides is 1. The van der Waals surface area contributed by atoms with E-state index in [1.165, 1.54) is 19.8 Å². The zero-order valence-electron chi connectivity index (χ0n) is 8.95. The van der Waals surface area contributed by atoms with Gasteiger partial charge in [-0.25, -0.2) is 0 Å². The van der Waals surface area contributed by atoms with Crippen molar-refractivity contribution in [3.8, 4) is 0 Å². The Kier molecular flexibility index (Phi) is 2.44. The van der Waals surface area contributed by atoms with E-state index in [0.717, 1.165) is 19.3 Å². The Labute approximate surface area is 89.0 Å². The molecule has 2 fully saturated rings. The lowest BCUT2D eigenvalue weighted by Crippen LogP contribution is -2.39. The first kappa shape index (κ1) is 10.5. The van der Waals surface area contributed by atoms with Crippen LogP contribution in [0.4, 0.5) is 0 Å². The minimum absolute atomic E-state index is 0.0631. The van der Waals surface area contributed by atoms with E-state index >= 15 is 0 Å². The van der Waals surface area contributed by atoms with Crippen LogP contribution in [0, 0.1) is 11.3 Å². The van der Waals surface area contributed by atoms with Crippen LogP contribution in [0.1, 0.15) is 39.0 Å². The summed E-state index contributed by atoms with van der Waals surface area (Å²) in [5.41, 5.74) is 0.252. The molecule has 1 spiro atoms. The van der Waals surface area contributed by atoms with Crippen molar-refractivity contribution in [2.45, 2.75) is 45.1 Å².